The number of nitrogens with zero attached hydrogens (tertiary/aromatic N) is 1. The van der Waals surface area contributed by atoms with E-state index in [0.29, 0.717) is 19.6 Å². The highest BCUT2D eigenvalue weighted by Crippen LogP contribution is 2.24. The molecule has 1 heterocycles. The van der Waals surface area contributed by atoms with Crippen molar-refractivity contribution < 1.29 is 19.0 Å². The number of rotatable bonds is 11. The minimum Gasteiger partial charge on any atom is -0.494 e. The van der Waals surface area contributed by atoms with Crippen molar-refractivity contribution in [2.24, 2.45) is 0 Å². The fraction of sp³-hybridized carbons (Fsp3) is 0.708. The lowest BCUT2D eigenvalue weighted by atomic mass is 10.1. The summed E-state index contributed by atoms with van der Waals surface area (Å²) in [6.07, 6.45) is 6.66. The third kappa shape index (κ3) is 9.64. The van der Waals surface area contributed by atoms with E-state index in [9.17, 15) is 4.79 Å². The Labute approximate surface area is 176 Å². The van der Waals surface area contributed by atoms with Crippen LogP contribution in [0.2, 0.25) is 0 Å². The van der Waals surface area contributed by atoms with E-state index in [2.05, 4.69) is 24.0 Å². The maximum atomic E-state index is 12.0. The van der Waals surface area contributed by atoms with Gasteiger partial charge < -0.3 is 14.2 Å². The molecule has 0 bridgehead atoms. The van der Waals surface area contributed by atoms with E-state index < -0.39 is 5.60 Å². The molecule has 1 aliphatic rings. The molecule has 5 heteroatoms. The highest BCUT2D eigenvalue weighted by Gasteiger charge is 2.23. The van der Waals surface area contributed by atoms with Gasteiger partial charge in [0.2, 0.25) is 0 Å². The van der Waals surface area contributed by atoms with Crippen molar-refractivity contribution in [3.63, 3.8) is 0 Å². The van der Waals surface area contributed by atoms with Crippen LogP contribution in [0, 0.1) is 0 Å². The van der Waals surface area contributed by atoms with Crippen molar-refractivity contribution >= 4 is 5.97 Å². The zero-order chi connectivity index (χ0) is 21.1. The first-order valence-corrected chi connectivity index (χ1v) is 11.2. The Morgan fingerprint density at radius 2 is 1.86 bits per heavy atom. The van der Waals surface area contributed by atoms with Gasteiger partial charge in [0.25, 0.3) is 0 Å². The van der Waals surface area contributed by atoms with Crippen molar-refractivity contribution in [3.05, 3.63) is 29.8 Å². The van der Waals surface area contributed by atoms with Gasteiger partial charge in [-0.25, -0.2) is 0 Å². The van der Waals surface area contributed by atoms with Crippen LogP contribution in [0.15, 0.2) is 24.3 Å². The van der Waals surface area contributed by atoms with Crippen LogP contribution in [0.1, 0.15) is 77.9 Å². The molecule has 29 heavy (non-hydrogen) atoms. The van der Waals surface area contributed by atoms with Gasteiger partial charge in [-0.3, -0.25) is 9.69 Å². The summed E-state index contributed by atoms with van der Waals surface area (Å²) in [5.74, 6) is 0.776. The van der Waals surface area contributed by atoms with Crippen LogP contribution in [0.3, 0.4) is 0 Å². The Hall–Kier alpha value is -1.59. The third-order valence-electron chi connectivity index (χ3n) is 4.97. The number of carbonyl (C=O) groups is 1. The number of carbonyl (C=O) groups excluding carboxylic acids is 1. The van der Waals surface area contributed by atoms with Gasteiger partial charge in [0.1, 0.15) is 11.4 Å². The summed E-state index contributed by atoms with van der Waals surface area (Å²) >= 11 is 0. The molecule has 1 unspecified atom stereocenters. The van der Waals surface area contributed by atoms with Gasteiger partial charge in [0.05, 0.1) is 25.7 Å². The average molecular weight is 406 g/mol. The lowest BCUT2D eigenvalue weighted by molar-refractivity contribution is -0.155. The van der Waals surface area contributed by atoms with Gasteiger partial charge in [-0.05, 0) is 44.9 Å². The van der Waals surface area contributed by atoms with Crippen molar-refractivity contribution in [2.75, 3.05) is 32.8 Å². The van der Waals surface area contributed by atoms with Crippen molar-refractivity contribution in [3.8, 4) is 5.75 Å². The Morgan fingerprint density at radius 3 is 2.55 bits per heavy atom. The summed E-state index contributed by atoms with van der Waals surface area (Å²) in [6.45, 7) is 11.7. The molecule has 0 N–H and O–H groups in total. The average Bonchev–Trinajstić information content (AvgIpc) is 2.68. The predicted molar refractivity (Wildman–Crippen MR) is 116 cm³/mol. The number of benzene rings is 1. The number of hydrogen-bond acceptors (Lipinski definition) is 5. The normalized spacial score (nSPS) is 17.9. The molecule has 0 radical (unpaired) electrons. The molecule has 0 saturated carbocycles. The zero-order valence-electron chi connectivity index (χ0n) is 18.7. The highest BCUT2D eigenvalue weighted by atomic mass is 16.6. The minimum absolute atomic E-state index is 0.0329. The van der Waals surface area contributed by atoms with Gasteiger partial charge in [-0.15, -0.1) is 0 Å². The molecule has 1 fully saturated rings. The summed E-state index contributed by atoms with van der Waals surface area (Å²) in [7, 11) is 0. The monoisotopic (exact) mass is 405 g/mol. The molecule has 5 nitrogen and oxygen atoms in total. The molecule has 0 amide bonds. The Bertz CT molecular complexity index is 594. The highest BCUT2D eigenvalue weighted by molar-refractivity contribution is 5.70. The molecule has 2 rings (SSSR count). The number of ether oxygens (including phenoxy) is 3. The summed E-state index contributed by atoms with van der Waals surface area (Å²) in [4.78, 5) is 14.2. The van der Waals surface area contributed by atoms with Crippen molar-refractivity contribution in [2.45, 2.75) is 77.9 Å². The molecule has 1 saturated heterocycles. The molecule has 1 aromatic carbocycles. The number of morpholine rings is 1. The standard InChI is InChI=1S/C24H39NO4/c1-5-6-7-8-9-17-27-21-12-10-20(11-13-21)22-19-25(16-18-28-22)15-14-23(26)29-24(2,3)4/h10-13,22H,5-9,14-19H2,1-4H3. The maximum absolute atomic E-state index is 12.0. The quantitative estimate of drug-likeness (QED) is 0.377. The van der Waals surface area contributed by atoms with Crippen LogP contribution in [0.4, 0.5) is 0 Å². The van der Waals surface area contributed by atoms with E-state index >= 15 is 0 Å². The smallest absolute Gasteiger partial charge is 0.307 e. The van der Waals surface area contributed by atoms with Crippen LogP contribution in [-0.4, -0.2) is 49.3 Å². The molecule has 164 valence electrons. The number of esters is 1. The lowest BCUT2D eigenvalue weighted by Crippen LogP contribution is -2.39. The summed E-state index contributed by atoms with van der Waals surface area (Å²) in [6, 6.07) is 8.25. The second-order valence-corrected chi connectivity index (χ2v) is 8.83. The molecule has 0 aliphatic carbocycles. The fourth-order valence-corrected chi connectivity index (χ4v) is 3.42. The van der Waals surface area contributed by atoms with E-state index in [-0.39, 0.29) is 12.1 Å². The molecule has 1 aliphatic heterocycles. The topological polar surface area (TPSA) is 48.0 Å². The molecular formula is C24H39NO4. The Kier molecular flexibility index (Phi) is 9.95. The van der Waals surface area contributed by atoms with E-state index in [0.717, 1.165) is 37.4 Å². The van der Waals surface area contributed by atoms with Gasteiger partial charge in [-0.2, -0.15) is 0 Å². The first kappa shape index (κ1) is 23.7. The predicted octanol–water partition coefficient (Wildman–Crippen LogP) is 5.14. The second kappa shape index (κ2) is 12.2. The Balaban J connectivity index is 1.73. The van der Waals surface area contributed by atoms with Gasteiger partial charge >= 0.3 is 5.97 Å². The molecule has 1 aromatic rings. The lowest BCUT2D eigenvalue weighted by Gasteiger charge is -2.33. The summed E-state index contributed by atoms with van der Waals surface area (Å²) in [5.41, 5.74) is 0.728. The van der Waals surface area contributed by atoms with Crippen LogP contribution >= 0.6 is 0 Å². The van der Waals surface area contributed by atoms with Crippen LogP contribution in [0.5, 0.6) is 5.75 Å². The summed E-state index contributed by atoms with van der Waals surface area (Å²) < 4.78 is 17.2. The van der Waals surface area contributed by atoms with E-state index in [1.54, 1.807) is 0 Å². The van der Waals surface area contributed by atoms with Crippen LogP contribution in [-0.2, 0) is 14.3 Å². The van der Waals surface area contributed by atoms with Crippen LogP contribution < -0.4 is 4.74 Å². The molecular weight excluding hydrogens is 366 g/mol. The van der Waals surface area contributed by atoms with Gasteiger partial charge in [0.15, 0.2) is 0 Å². The van der Waals surface area contributed by atoms with Crippen LogP contribution in [0.25, 0.3) is 0 Å². The largest absolute Gasteiger partial charge is 0.494 e. The first-order chi connectivity index (χ1) is 13.9. The maximum Gasteiger partial charge on any atom is 0.307 e. The van der Waals surface area contributed by atoms with E-state index in [4.69, 9.17) is 14.2 Å². The SMILES string of the molecule is CCCCCCCOc1ccc(C2CN(CCC(=O)OC(C)(C)C)CCO2)cc1. The zero-order valence-corrected chi connectivity index (χ0v) is 18.7. The fourth-order valence-electron chi connectivity index (χ4n) is 3.42. The third-order valence-corrected chi connectivity index (χ3v) is 4.97. The summed E-state index contributed by atoms with van der Waals surface area (Å²) in [5, 5.41) is 0. The number of unbranched alkanes of at least 4 members (excludes halogenated alkanes) is 4. The van der Waals surface area contributed by atoms with E-state index in [1.807, 2.05) is 32.9 Å². The second-order valence-electron chi connectivity index (χ2n) is 8.83. The molecule has 1 atom stereocenters. The molecule has 0 aromatic heterocycles. The van der Waals surface area contributed by atoms with Gasteiger partial charge in [-0.1, -0.05) is 44.7 Å². The van der Waals surface area contributed by atoms with Crippen molar-refractivity contribution in [1.82, 2.24) is 4.90 Å². The van der Waals surface area contributed by atoms with Gasteiger partial charge in [0, 0.05) is 19.6 Å². The molecule has 0 spiro atoms. The van der Waals surface area contributed by atoms with Crippen molar-refractivity contribution in [1.29, 1.82) is 0 Å². The Morgan fingerprint density at radius 1 is 1.14 bits per heavy atom. The number of hydrogen-bond donors (Lipinski definition) is 0. The minimum atomic E-state index is -0.427. The van der Waals surface area contributed by atoms with E-state index in [1.165, 1.54) is 25.7 Å². The first-order valence-electron chi connectivity index (χ1n) is 11.2.